The third kappa shape index (κ3) is 22.2. The fourth-order valence-electron chi connectivity index (χ4n) is 12.4. The number of ether oxygens (including phenoxy) is 2. The Morgan fingerprint density at radius 1 is 0.657 bits per heavy atom. The first kappa shape index (κ1) is 78.9. The number of thioether (sulfide) groups is 2. The van der Waals surface area contributed by atoms with Crippen LogP contribution in [0.5, 0.6) is 5.75 Å². The van der Waals surface area contributed by atoms with Crippen molar-refractivity contribution in [2.45, 2.75) is 137 Å². The Balaban J connectivity index is 1.06. The molecule has 0 radical (unpaired) electrons. The minimum atomic E-state index is -2.04. The molecule has 9 amide bonds. The van der Waals surface area contributed by atoms with E-state index in [4.69, 9.17) is 15.2 Å². The molecule has 560 valence electrons. The van der Waals surface area contributed by atoms with Crippen LogP contribution in [0.4, 0.5) is 13.2 Å². The summed E-state index contributed by atoms with van der Waals surface area (Å²) in [7, 11) is 1.47. The van der Waals surface area contributed by atoms with E-state index in [0.29, 0.717) is 51.4 Å². The Morgan fingerprint density at radius 3 is 1.82 bits per heavy atom. The van der Waals surface area contributed by atoms with E-state index in [1.165, 1.54) is 110 Å². The molecule has 0 aliphatic carbocycles. The van der Waals surface area contributed by atoms with Gasteiger partial charge < -0.3 is 82.7 Å². The van der Waals surface area contributed by atoms with Crippen molar-refractivity contribution in [3.8, 4) is 5.75 Å². The predicted molar refractivity (Wildman–Crippen MR) is 384 cm³/mol. The Labute approximate surface area is 610 Å². The normalized spacial score (nSPS) is 22.3. The number of benzene rings is 4. The largest absolute Gasteiger partial charge is 0.497 e. The van der Waals surface area contributed by atoms with Gasteiger partial charge in [0.25, 0.3) is 0 Å². The number of Topliss-reactive ketones (excluding diaryl/α,β-unsaturated/α-hetero) is 1. The average molecular weight is 1490 g/mol. The molecule has 2 aliphatic heterocycles. The van der Waals surface area contributed by atoms with Gasteiger partial charge in [0.15, 0.2) is 5.78 Å². The number of H-pyrrole nitrogens is 3. The molecule has 2 bridgehead atoms. The van der Waals surface area contributed by atoms with Crippen LogP contribution in [0.15, 0.2) is 104 Å². The molecule has 1 saturated heterocycles. The number of carboxylic acid groups (broad SMARTS) is 1. The van der Waals surface area contributed by atoms with Gasteiger partial charge in [0.05, 0.1) is 26.5 Å². The molecule has 2 aliphatic rings. The van der Waals surface area contributed by atoms with Crippen LogP contribution in [0.2, 0.25) is 0 Å². The average Bonchev–Trinajstić information content (AvgIpc) is 1.68. The van der Waals surface area contributed by atoms with Gasteiger partial charge in [-0.3, -0.25) is 52.7 Å². The Kier molecular flexibility index (Phi) is 28.1. The molecule has 0 saturated carbocycles. The second-order valence-electron chi connectivity index (χ2n) is 25.9. The van der Waals surface area contributed by atoms with Crippen molar-refractivity contribution in [3.05, 3.63) is 155 Å². The molecule has 8 atom stereocenters. The van der Waals surface area contributed by atoms with Crippen molar-refractivity contribution >= 4 is 110 Å². The van der Waals surface area contributed by atoms with Gasteiger partial charge in [-0.25, -0.2) is 18.2 Å². The fourth-order valence-corrected chi connectivity index (χ4v) is 14.1. The first-order chi connectivity index (χ1) is 50.4. The highest BCUT2D eigenvalue weighted by Crippen LogP contribution is 2.32. The molecule has 4 aromatic carbocycles. The van der Waals surface area contributed by atoms with E-state index in [2.05, 4.69) is 62.5 Å². The number of amides is 9. The van der Waals surface area contributed by atoms with E-state index < -0.39 is 149 Å². The van der Waals surface area contributed by atoms with Crippen LogP contribution < -0.4 is 53.0 Å². The Bertz CT molecular complexity index is 4280. The number of hydrogen-bond donors (Lipinski definition) is 13. The molecule has 5 heterocycles. The molecule has 1 fully saturated rings. The fraction of sp³-hybridized carbons (Fsp3) is 0.417. The lowest BCUT2D eigenvalue weighted by Crippen LogP contribution is -2.62. The Hall–Kier alpha value is -10.3. The quantitative estimate of drug-likeness (QED) is 0.0548. The van der Waals surface area contributed by atoms with Crippen LogP contribution in [-0.2, 0) is 94.7 Å². The van der Waals surface area contributed by atoms with E-state index in [1.54, 1.807) is 31.2 Å². The molecule has 28 nitrogen and oxygen atoms in total. The van der Waals surface area contributed by atoms with Crippen LogP contribution in [0, 0.1) is 17.5 Å². The number of aromatic amines is 3. The number of carboxylic acids is 1. The zero-order valence-electron chi connectivity index (χ0n) is 58.0. The van der Waals surface area contributed by atoms with Crippen molar-refractivity contribution in [2.75, 3.05) is 51.5 Å². The summed E-state index contributed by atoms with van der Waals surface area (Å²) in [4.78, 5) is 172. The lowest BCUT2D eigenvalue weighted by Gasteiger charge is -2.36. The summed E-state index contributed by atoms with van der Waals surface area (Å²) in [5.41, 5.74) is 7.52. The number of rotatable bonds is 18. The molecule has 7 aromatic rings. The third-order valence-electron chi connectivity index (χ3n) is 18.0. The number of methoxy groups -OCH3 is 1. The summed E-state index contributed by atoms with van der Waals surface area (Å²) in [5.74, 6) is -10.3. The molecular formula is C72H85F3N14O14S2. The molecule has 105 heavy (non-hydrogen) atoms. The minimum Gasteiger partial charge on any atom is -0.497 e. The van der Waals surface area contributed by atoms with Crippen LogP contribution in [0.25, 0.3) is 21.8 Å². The maximum absolute atomic E-state index is 15.2. The van der Waals surface area contributed by atoms with E-state index in [0.717, 1.165) is 6.07 Å². The highest BCUT2D eigenvalue weighted by Gasteiger charge is 2.48. The van der Waals surface area contributed by atoms with Gasteiger partial charge in [-0.1, -0.05) is 18.2 Å². The maximum Gasteiger partial charge on any atom is 0.305 e. The van der Waals surface area contributed by atoms with E-state index in [1.807, 2.05) is 6.07 Å². The second-order valence-corrected chi connectivity index (χ2v) is 28.1. The number of imidazole rings is 1. The smallest absolute Gasteiger partial charge is 0.305 e. The summed E-state index contributed by atoms with van der Waals surface area (Å²) in [6.45, 7) is 3.01. The van der Waals surface area contributed by atoms with Crippen molar-refractivity contribution in [3.63, 3.8) is 0 Å². The summed E-state index contributed by atoms with van der Waals surface area (Å²) >= 11 is 2.73. The monoisotopic (exact) mass is 1490 g/mol. The highest BCUT2D eigenvalue weighted by molar-refractivity contribution is 7.98. The number of nitrogens with zero attached hydrogens (tertiary/aromatic N) is 2. The zero-order chi connectivity index (χ0) is 75.3. The molecule has 9 rings (SSSR count). The van der Waals surface area contributed by atoms with E-state index in [9.17, 15) is 43.1 Å². The summed E-state index contributed by atoms with van der Waals surface area (Å²) < 4.78 is 55.8. The number of nitrogens with one attached hydrogen (secondary N) is 11. The van der Waals surface area contributed by atoms with Gasteiger partial charge in [-0.2, -0.15) is 23.5 Å². The minimum absolute atomic E-state index is 0.0742. The lowest BCUT2D eigenvalue weighted by molar-refractivity contribution is -0.146. The molecular weight excluding hydrogens is 1410 g/mol. The van der Waals surface area contributed by atoms with Gasteiger partial charge in [0.2, 0.25) is 53.2 Å². The van der Waals surface area contributed by atoms with Gasteiger partial charge in [-0.05, 0) is 122 Å². The third-order valence-corrected chi connectivity index (χ3v) is 20.1. The molecule has 0 spiro atoms. The number of fused-ring (bicyclic) bond motifs is 5. The molecule has 33 heteroatoms. The predicted octanol–water partition coefficient (Wildman–Crippen LogP) is 3.35. The lowest BCUT2D eigenvalue weighted by atomic mass is 9.95. The number of aromatic nitrogens is 4. The summed E-state index contributed by atoms with van der Waals surface area (Å²) in [5, 5.41) is 32.1. The van der Waals surface area contributed by atoms with Gasteiger partial charge in [0.1, 0.15) is 77.6 Å². The van der Waals surface area contributed by atoms with Gasteiger partial charge in [-0.15, -0.1) is 0 Å². The topological polar surface area (TPSA) is 412 Å². The SMILES string of the molecule is COc1ccc(C[C@@H]2NC(=O)[C@H](Cc3cnc[nH]3)NC(=O)[C@H](CC(=O)O)NC(=O)[C@H](Cc3c[nH]c4ccc(F)cc34)NC(=O)[C@H](Cc3c[nH]c4ccc(F)cc34)NC(=O)[C@@H](C)NC(=O)[C@H](CCC(=O)COCCN)NC(=O)CCSCc3cc(F)cc(c3)CSCCNC(=O)[C@]3(C)CCCN3C2=O)cc1. The zero-order valence-corrected chi connectivity index (χ0v) is 59.6. The molecule has 14 N–H and O–H groups in total. The first-order valence-corrected chi connectivity index (χ1v) is 36.5. The standard InChI is InChI=1S/C72H85F3N14O14S2/c1-40-64(94)84-57(27-44-33-79-54-12-7-46(73)29-52(44)54)66(96)85-58(28-45-34-80-55-13-8-47(74)30-53(45)55)67(97)87-60(32-63(92)93)69(99)86-59(31-49-35-77-39-81-49)68(98)88-61(26-41-5-10-51(102-3)11-6-41)70(100)89-19-4-16-72(89,2)71(101)78-18-22-105-38-43-23-42(24-48(75)25-43)37-104-21-15-62(91)83-56(65(95)82-40)14-9-50(90)36-103-20-17-76/h5-8,10-13,23-25,29-30,33-35,39-40,56-61,79-80H,4,9,14-22,26-28,31-32,36-38,76H2,1-3H3,(H,77,81)(H,78,101)(H,82,95)(H,83,91)(H,84,94)(H,85,96)(H,86,99)(H,87,97)(H,88,98)(H,92,93)/t40-,56+,57+,58+,59+,60+,61+,72+/m1/s1. The number of nitrogens with two attached hydrogens (primary N) is 1. The summed E-state index contributed by atoms with van der Waals surface area (Å²) in [6.07, 6.45) is 2.98. The van der Waals surface area contributed by atoms with Crippen LogP contribution >= 0.6 is 23.5 Å². The highest BCUT2D eigenvalue weighted by atomic mass is 32.2. The van der Waals surface area contributed by atoms with Crippen molar-refractivity contribution < 1.29 is 80.5 Å². The Morgan fingerprint density at radius 2 is 1.23 bits per heavy atom. The first-order valence-electron chi connectivity index (χ1n) is 34.1. The maximum atomic E-state index is 15.2. The van der Waals surface area contributed by atoms with E-state index in [-0.39, 0.29) is 110 Å². The molecule has 0 unspecified atom stereocenters. The number of carbonyl (C=O) groups excluding carboxylic acids is 10. The number of carbonyl (C=O) groups is 11. The number of aliphatic carboxylic acids is 1. The van der Waals surface area contributed by atoms with E-state index >= 15 is 28.0 Å². The molecule has 3 aromatic heterocycles. The number of hydrogen-bond acceptors (Lipinski definition) is 17. The van der Waals surface area contributed by atoms with Gasteiger partial charge >= 0.3 is 5.97 Å². The van der Waals surface area contributed by atoms with Crippen molar-refractivity contribution in [1.29, 1.82) is 0 Å². The summed E-state index contributed by atoms with van der Waals surface area (Å²) in [6, 6.07) is 7.22. The van der Waals surface area contributed by atoms with Crippen molar-refractivity contribution in [2.24, 2.45) is 5.73 Å². The van der Waals surface area contributed by atoms with Crippen LogP contribution in [0.1, 0.15) is 85.9 Å². The van der Waals surface area contributed by atoms with Crippen molar-refractivity contribution in [1.82, 2.24) is 67.4 Å². The van der Waals surface area contributed by atoms with Crippen LogP contribution in [-0.4, -0.2) is 194 Å². The number of ketones is 1. The van der Waals surface area contributed by atoms with Crippen LogP contribution in [0.3, 0.4) is 0 Å². The van der Waals surface area contributed by atoms with Gasteiger partial charge in [0, 0.05) is 127 Å². The number of halogens is 3. The second kappa shape index (κ2) is 37.4.